The molecule has 0 spiro atoms. The van der Waals surface area contributed by atoms with Crippen molar-refractivity contribution in [3.05, 3.63) is 62.7 Å². The van der Waals surface area contributed by atoms with Crippen LogP contribution in [-0.4, -0.2) is 26.3 Å². The van der Waals surface area contributed by atoms with Crippen LogP contribution in [0.15, 0.2) is 41.3 Å². The molecule has 0 fully saturated rings. The number of benzene rings is 2. The minimum atomic E-state index is -3.75. The van der Waals surface area contributed by atoms with Crippen LogP contribution in [0.5, 0.6) is 0 Å². The van der Waals surface area contributed by atoms with Crippen LogP contribution >= 0.6 is 11.6 Å². The number of hydrogen-bond acceptors (Lipinski definition) is 5. The van der Waals surface area contributed by atoms with Crippen molar-refractivity contribution in [1.29, 1.82) is 0 Å². The highest BCUT2D eigenvalue weighted by molar-refractivity contribution is 7.89. The van der Waals surface area contributed by atoms with E-state index in [2.05, 4.69) is 10.0 Å². The number of nitro groups is 1. The molecule has 0 bridgehead atoms. The summed E-state index contributed by atoms with van der Waals surface area (Å²) < 4.78 is 25.9. The smallest absolute Gasteiger partial charge is 0.274 e. The number of nitro benzene ring substituents is 1. The molecule has 0 unspecified atom stereocenters. The Kier molecular flexibility index (Phi) is 5.96. The topological polar surface area (TPSA) is 118 Å². The number of nitrogens with one attached hydrogen (secondary N) is 2. The summed E-state index contributed by atoms with van der Waals surface area (Å²) in [5.41, 5.74) is 0.568. The molecule has 8 nitrogen and oxygen atoms in total. The van der Waals surface area contributed by atoms with Gasteiger partial charge in [-0.05, 0) is 37.7 Å². The molecular weight excluding hydrogens is 382 g/mol. The van der Waals surface area contributed by atoms with Gasteiger partial charge in [0.05, 0.1) is 20.4 Å². The van der Waals surface area contributed by atoms with Gasteiger partial charge in [-0.25, -0.2) is 13.1 Å². The first kappa shape index (κ1) is 19.8. The van der Waals surface area contributed by atoms with Crippen LogP contribution in [0.25, 0.3) is 0 Å². The standard InChI is InChI=1S/C16H16ClN3O5S/c1-3-10-4-5-11(8-15(10)20(22)23)19-16(21)13-9-12(6-7-14(13)17)26(24,25)18-2/h4-9,18H,3H2,1-2H3,(H,19,21). The van der Waals surface area contributed by atoms with E-state index in [1.165, 1.54) is 31.3 Å². The Bertz CT molecular complexity index is 976. The van der Waals surface area contributed by atoms with Gasteiger partial charge in [0.2, 0.25) is 10.0 Å². The molecule has 2 aromatic rings. The van der Waals surface area contributed by atoms with Crippen molar-refractivity contribution in [3.8, 4) is 0 Å². The largest absolute Gasteiger partial charge is 0.322 e. The number of carbonyl (C=O) groups excluding carboxylic acids is 1. The summed E-state index contributed by atoms with van der Waals surface area (Å²) in [5, 5.41) is 13.7. The minimum absolute atomic E-state index is 0.0530. The number of anilines is 1. The highest BCUT2D eigenvalue weighted by Gasteiger charge is 2.19. The summed E-state index contributed by atoms with van der Waals surface area (Å²) >= 11 is 6.00. The van der Waals surface area contributed by atoms with Crippen LogP contribution < -0.4 is 10.0 Å². The van der Waals surface area contributed by atoms with Gasteiger partial charge in [-0.3, -0.25) is 14.9 Å². The summed E-state index contributed by atoms with van der Waals surface area (Å²) in [6.07, 6.45) is 0.473. The Labute approximate surface area is 155 Å². The lowest BCUT2D eigenvalue weighted by molar-refractivity contribution is -0.385. The molecule has 2 N–H and O–H groups in total. The average molecular weight is 398 g/mol. The number of nitrogens with zero attached hydrogens (tertiary/aromatic N) is 1. The van der Waals surface area contributed by atoms with E-state index < -0.39 is 20.9 Å². The Morgan fingerprint density at radius 3 is 2.50 bits per heavy atom. The maximum absolute atomic E-state index is 12.5. The lowest BCUT2D eigenvalue weighted by atomic mass is 10.1. The van der Waals surface area contributed by atoms with Gasteiger partial charge in [0.25, 0.3) is 11.6 Å². The maximum atomic E-state index is 12.5. The van der Waals surface area contributed by atoms with Gasteiger partial charge in [0.15, 0.2) is 0 Å². The number of halogens is 1. The molecule has 0 saturated heterocycles. The van der Waals surface area contributed by atoms with E-state index in [4.69, 9.17) is 11.6 Å². The number of hydrogen-bond donors (Lipinski definition) is 2. The Morgan fingerprint density at radius 2 is 1.92 bits per heavy atom. The van der Waals surface area contributed by atoms with Crippen molar-refractivity contribution < 1.29 is 18.1 Å². The van der Waals surface area contributed by atoms with Gasteiger partial charge < -0.3 is 5.32 Å². The zero-order valence-electron chi connectivity index (χ0n) is 13.9. The zero-order valence-corrected chi connectivity index (χ0v) is 15.5. The summed E-state index contributed by atoms with van der Waals surface area (Å²) in [5.74, 6) is -0.679. The fourth-order valence-corrected chi connectivity index (χ4v) is 3.23. The highest BCUT2D eigenvalue weighted by Crippen LogP contribution is 2.26. The van der Waals surface area contributed by atoms with Crippen LogP contribution in [0.2, 0.25) is 5.02 Å². The quantitative estimate of drug-likeness (QED) is 0.573. The van der Waals surface area contributed by atoms with Gasteiger partial charge in [-0.2, -0.15) is 0 Å². The van der Waals surface area contributed by atoms with Crippen molar-refractivity contribution in [2.24, 2.45) is 0 Å². The van der Waals surface area contributed by atoms with Crippen molar-refractivity contribution in [1.82, 2.24) is 4.72 Å². The van der Waals surface area contributed by atoms with Gasteiger partial charge in [-0.15, -0.1) is 0 Å². The third-order valence-corrected chi connectivity index (χ3v) is 5.42. The number of rotatable bonds is 6. The highest BCUT2D eigenvalue weighted by atomic mass is 35.5. The fourth-order valence-electron chi connectivity index (χ4n) is 2.27. The molecule has 0 radical (unpaired) electrons. The molecule has 0 saturated carbocycles. The molecule has 0 heterocycles. The van der Waals surface area contributed by atoms with Crippen LogP contribution in [-0.2, 0) is 16.4 Å². The van der Waals surface area contributed by atoms with Crippen LogP contribution in [0.4, 0.5) is 11.4 Å². The Balaban J connectivity index is 2.38. The van der Waals surface area contributed by atoms with Crippen LogP contribution in [0.1, 0.15) is 22.8 Å². The van der Waals surface area contributed by atoms with Crippen LogP contribution in [0, 0.1) is 10.1 Å². The molecule has 0 aliphatic carbocycles. The predicted molar refractivity (Wildman–Crippen MR) is 98.1 cm³/mol. The lowest BCUT2D eigenvalue weighted by Crippen LogP contribution is -2.20. The molecular formula is C16H16ClN3O5S. The first-order valence-corrected chi connectivity index (χ1v) is 9.37. The van der Waals surface area contributed by atoms with Crippen molar-refractivity contribution >= 4 is 38.9 Å². The molecule has 2 rings (SSSR count). The third-order valence-electron chi connectivity index (χ3n) is 3.68. The van der Waals surface area contributed by atoms with E-state index in [-0.39, 0.29) is 26.9 Å². The SMILES string of the molecule is CCc1ccc(NC(=O)c2cc(S(=O)(=O)NC)ccc2Cl)cc1[N+](=O)[O-]. The van der Waals surface area contributed by atoms with Gasteiger partial charge in [0.1, 0.15) is 0 Å². The lowest BCUT2D eigenvalue weighted by Gasteiger charge is -2.10. The van der Waals surface area contributed by atoms with Gasteiger partial charge >= 0.3 is 0 Å². The Hall–Kier alpha value is -2.49. The fraction of sp³-hybridized carbons (Fsp3) is 0.188. The Morgan fingerprint density at radius 1 is 1.23 bits per heavy atom. The molecule has 2 aromatic carbocycles. The van der Waals surface area contributed by atoms with E-state index in [1.54, 1.807) is 13.0 Å². The summed E-state index contributed by atoms with van der Waals surface area (Å²) in [7, 11) is -2.50. The van der Waals surface area contributed by atoms with Crippen molar-refractivity contribution in [3.63, 3.8) is 0 Å². The molecule has 0 aliphatic rings. The van der Waals surface area contributed by atoms with Crippen molar-refractivity contribution in [2.45, 2.75) is 18.2 Å². The monoisotopic (exact) mass is 397 g/mol. The summed E-state index contributed by atoms with van der Waals surface area (Å²) in [6.45, 7) is 1.79. The minimum Gasteiger partial charge on any atom is -0.322 e. The molecule has 0 aromatic heterocycles. The molecule has 138 valence electrons. The third kappa shape index (κ3) is 4.18. The number of aryl methyl sites for hydroxylation is 1. The van der Waals surface area contributed by atoms with E-state index in [1.807, 2.05) is 0 Å². The normalized spacial score (nSPS) is 11.2. The van der Waals surface area contributed by atoms with Gasteiger partial charge in [0, 0.05) is 17.3 Å². The maximum Gasteiger partial charge on any atom is 0.274 e. The van der Waals surface area contributed by atoms with E-state index >= 15 is 0 Å². The van der Waals surface area contributed by atoms with E-state index in [0.29, 0.717) is 12.0 Å². The molecule has 10 heteroatoms. The zero-order chi connectivity index (χ0) is 19.5. The molecule has 0 atom stereocenters. The first-order valence-electron chi connectivity index (χ1n) is 7.51. The van der Waals surface area contributed by atoms with Crippen LogP contribution in [0.3, 0.4) is 0 Å². The molecule has 0 aliphatic heterocycles. The van der Waals surface area contributed by atoms with Crippen molar-refractivity contribution in [2.75, 3.05) is 12.4 Å². The first-order chi connectivity index (χ1) is 12.2. The molecule has 1 amide bonds. The number of carbonyl (C=O) groups is 1. The van der Waals surface area contributed by atoms with E-state index in [0.717, 1.165) is 6.07 Å². The number of amides is 1. The summed E-state index contributed by atoms with van der Waals surface area (Å²) in [4.78, 5) is 22.9. The van der Waals surface area contributed by atoms with Gasteiger partial charge in [-0.1, -0.05) is 24.6 Å². The second-order valence-corrected chi connectivity index (χ2v) is 7.55. The summed E-state index contributed by atoms with van der Waals surface area (Å²) in [6, 6.07) is 8.04. The second-order valence-electron chi connectivity index (χ2n) is 5.26. The second kappa shape index (κ2) is 7.81. The average Bonchev–Trinajstić information content (AvgIpc) is 2.61. The van der Waals surface area contributed by atoms with E-state index in [9.17, 15) is 23.3 Å². The number of sulfonamides is 1. The molecule has 26 heavy (non-hydrogen) atoms. The predicted octanol–water partition coefficient (Wildman–Crippen LogP) is 2.97.